The Hall–Kier alpha value is -4.21. The van der Waals surface area contributed by atoms with Gasteiger partial charge in [-0.05, 0) is 30.9 Å². The van der Waals surface area contributed by atoms with E-state index in [1.54, 1.807) is 9.58 Å². The van der Waals surface area contributed by atoms with Crippen molar-refractivity contribution in [3.8, 4) is 5.75 Å². The number of nitrogens with zero attached hydrogens (tertiary/aromatic N) is 3. The van der Waals surface area contributed by atoms with Gasteiger partial charge in [-0.2, -0.15) is 0 Å². The number of carbonyl (C=O) groups excluding carboxylic acids is 2. The lowest BCUT2D eigenvalue weighted by molar-refractivity contribution is 0.0668. The molecule has 8 nitrogen and oxygen atoms in total. The van der Waals surface area contributed by atoms with Gasteiger partial charge in [0.15, 0.2) is 11.4 Å². The lowest BCUT2D eigenvalue weighted by atomic mass is 10.1. The summed E-state index contributed by atoms with van der Waals surface area (Å²) in [7, 11) is 0. The van der Waals surface area contributed by atoms with Crippen LogP contribution in [0.2, 0.25) is 0 Å². The van der Waals surface area contributed by atoms with E-state index in [1.165, 1.54) is 12.3 Å². The molecule has 192 valence electrons. The van der Waals surface area contributed by atoms with E-state index in [1.807, 2.05) is 35.3 Å². The summed E-state index contributed by atoms with van der Waals surface area (Å²) >= 11 is 0. The average Bonchev–Trinajstić information content (AvgIpc) is 2.87. The van der Waals surface area contributed by atoms with E-state index in [2.05, 4.69) is 5.32 Å². The molecule has 1 fully saturated rings. The van der Waals surface area contributed by atoms with Gasteiger partial charge in [-0.15, -0.1) is 0 Å². The lowest BCUT2D eigenvalue weighted by Gasteiger charge is -2.41. The highest BCUT2D eigenvalue weighted by molar-refractivity contribution is 5.99. The Morgan fingerprint density at radius 1 is 1.00 bits per heavy atom. The van der Waals surface area contributed by atoms with Crippen LogP contribution in [0.5, 0.6) is 5.75 Å². The van der Waals surface area contributed by atoms with Gasteiger partial charge in [-0.25, -0.2) is 8.78 Å². The van der Waals surface area contributed by atoms with Gasteiger partial charge in [0.2, 0.25) is 5.43 Å². The summed E-state index contributed by atoms with van der Waals surface area (Å²) in [5.74, 6) is -2.83. The van der Waals surface area contributed by atoms with E-state index in [-0.39, 0.29) is 41.6 Å². The predicted octanol–water partition coefficient (Wildman–Crippen LogP) is 3.17. The number of benzene rings is 2. The fourth-order valence-corrected chi connectivity index (χ4v) is 4.56. The number of nitrogens with one attached hydrogen (secondary N) is 1. The molecule has 0 atom stereocenters. The number of amides is 2. The minimum absolute atomic E-state index is 0.0300. The van der Waals surface area contributed by atoms with Crippen molar-refractivity contribution in [2.24, 2.45) is 0 Å². The van der Waals surface area contributed by atoms with Crippen molar-refractivity contribution in [1.82, 2.24) is 14.9 Å². The van der Waals surface area contributed by atoms with Crippen LogP contribution in [0.3, 0.4) is 0 Å². The summed E-state index contributed by atoms with van der Waals surface area (Å²) in [6.07, 6.45) is 4.05. The molecule has 10 heteroatoms. The quantitative estimate of drug-likeness (QED) is 0.553. The minimum atomic E-state index is -0.805. The monoisotopic (exact) mass is 508 g/mol. The van der Waals surface area contributed by atoms with Crippen molar-refractivity contribution in [2.45, 2.75) is 32.4 Å². The second kappa shape index (κ2) is 10.4. The van der Waals surface area contributed by atoms with Crippen LogP contribution in [-0.4, -0.2) is 41.1 Å². The molecule has 0 spiro atoms. The van der Waals surface area contributed by atoms with Gasteiger partial charge in [-0.1, -0.05) is 36.4 Å². The first-order valence-corrected chi connectivity index (χ1v) is 12.2. The van der Waals surface area contributed by atoms with Crippen LogP contribution >= 0.6 is 0 Å². The lowest BCUT2D eigenvalue weighted by Crippen LogP contribution is -2.56. The third kappa shape index (κ3) is 5.04. The SMILES string of the molecule is O=C(NCc1ccc(F)cc1F)c1cn2c(c(OCc3ccccc3)c1=O)C(=O)N1CCCCCN2C1. The molecule has 2 amide bonds. The molecule has 0 unspecified atom stereocenters. The largest absolute Gasteiger partial charge is 0.482 e. The van der Waals surface area contributed by atoms with E-state index in [9.17, 15) is 23.2 Å². The van der Waals surface area contributed by atoms with E-state index < -0.39 is 23.0 Å². The fraction of sp³-hybridized carbons (Fsp3) is 0.296. The first-order chi connectivity index (χ1) is 17.9. The third-order valence-corrected chi connectivity index (χ3v) is 6.54. The Balaban J connectivity index is 1.52. The van der Waals surface area contributed by atoms with E-state index >= 15 is 0 Å². The smallest absolute Gasteiger partial charge is 0.277 e. The number of fused-ring (bicyclic) bond motifs is 4. The van der Waals surface area contributed by atoms with Gasteiger partial charge < -0.3 is 15.0 Å². The van der Waals surface area contributed by atoms with Gasteiger partial charge in [0, 0.05) is 37.5 Å². The van der Waals surface area contributed by atoms with Crippen molar-refractivity contribution in [3.63, 3.8) is 0 Å². The molecule has 37 heavy (non-hydrogen) atoms. The molecule has 2 aliphatic rings. The van der Waals surface area contributed by atoms with Crippen molar-refractivity contribution in [1.29, 1.82) is 0 Å². The number of ether oxygens (including phenoxy) is 1. The maximum atomic E-state index is 14.1. The molecule has 2 aromatic carbocycles. The van der Waals surface area contributed by atoms with Gasteiger partial charge in [0.1, 0.15) is 30.5 Å². The number of halogens is 2. The summed E-state index contributed by atoms with van der Waals surface area (Å²) < 4.78 is 34.8. The fourth-order valence-electron chi connectivity index (χ4n) is 4.56. The Morgan fingerprint density at radius 2 is 1.78 bits per heavy atom. The molecule has 1 N–H and O–H groups in total. The van der Waals surface area contributed by atoms with Crippen LogP contribution in [0.4, 0.5) is 8.78 Å². The number of hydrogen-bond acceptors (Lipinski definition) is 5. The van der Waals surface area contributed by atoms with Crippen LogP contribution in [0, 0.1) is 11.6 Å². The van der Waals surface area contributed by atoms with E-state index in [4.69, 9.17) is 4.74 Å². The standard InChI is InChI=1S/C27H26F2N4O4/c28-20-10-9-19(22(29)13-20)14-30-26(35)21-15-33-23(27(36)31-11-5-2-6-12-32(33)17-31)25(24(21)34)37-16-18-7-3-1-4-8-18/h1,3-4,7-10,13,15H,2,5-6,11-12,14,16-17H2,(H,30,35). The van der Waals surface area contributed by atoms with Crippen LogP contribution in [-0.2, 0) is 13.2 Å². The highest BCUT2D eigenvalue weighted by atomic mass is 19.1. The van der Waals surface area contributed by atoms with Crippen LogP contribution in [0.15, 0.2) is 59.5 Å². The molecule has 0 saturated carbocycles. The zero-order chi connectivity index (χ0) is 25.9. The van der Waals surface area contributed by atoms with Gasteiger partial charge in [-0.3, -0.25) is 24.1 Å². The maximum Gasteiger partial charge on any atom is 0.277 e. The Labute approximate surface area is 212 Å². The summed E-state index contributed by atoms with van der Waals surface area (Å²) in [4.78, 5) is 41.8. The van der Waals surface area contributed by atoms with Crippen molar-refractivity contribution >= 4 is 11.8 Å². The summed E-state index contributed by atoms with van der Waals surface area (Å²) in [6, 6.07) is 12.2. The molecule has 2 aliphatic heterocycles. The van der Waals surface area contributed by atoms with Gasteiger partial charge >= 0.3 is 0 Å². The second-order valence-corrected chi connectivity index (χ2v) is 9.09. The molecule has 3 heterocycles. The molecule has 0 aliphatic carbocycles. The minimum Gasteiger partial charge on any atom is -0.482 e. The zero-order valence-corrected chi connectivity index (χ0v) is 20.1. The number of pyridine rings is 1. The second-order valence-electron chi connectivity index (χ2n) is 9.09. The van der Waals surface area contributed by atoms with Gasteiger partial charge in [0.05, 0.1) is 0 Å². The van der Waals surface area contributed by atoms with Crippen LogP contribution in [0.25, 0.3) is 0 Å². The Morgan fingerprint density at radius 3 is 2.57 bits per heavy atom. The Bertz CT molecular complexity index is 1390. The molecule has 1 saturated heterocycles. The van der Waals surface area contributed by atoms with E-state index in [0.717, 1.165) is 37.0 Å². The van der Waals surface area contributed by atoms with Crippen molar-refractivity contribution in [3.05, 3.63) is 99.0 Å². The number of hydrogen-bond donors (Lipinski definition) is 1. The van der Waals surface area contributed by atoms with Crippen molar-refractivity contribution in [2.75, 3.05) is 24.8 Å². The van der Waals surface area contributed by atoms with Crippen LogP contribution in [0.1, 0.15) is 51.2 Å². The molecular formula is C27H26F2N4O4. The summed E-state index contributed by atoms with van der Waals surface area (Å²) in [6.45, 7) is 1.30. The van der Waals surface area contributed by atoms with Crippen molar-refractivity contribution < 1.29 is 23.1 Å². The first-order valence-electron chi connectivity index (χ1n) is 12.2. The third-order valence-electron chi connectivity index (χ3n) is 6.54. The highest BCUT2D eigenvalue weighted by Crippen LogP contribution is 2.25. The number of carbonyl (C=O) groups is 2. The molecule has 5 rings (SSSR count). The molecule has 2 bridgehead atoms. The molecular weight excluding hydrogens is 482 g/mol. The first kappa shape index (κ1) is 24.5. The average molecular weight is 509 g/mol. The van der Waals surface area contributed by atoms with Gasteiger partial charge in [0.25, 0.3) is 11.8 Å². The highest BCUT2D eigenvalue weighted by Gasteiger charge is 2.35. The summed E-state index contributed by atoms with van der Waals surface area (Å²) in [5, 5.41) is 4.43. The Kier molecular flexibility index (Phi) is 6.89. The predicted molar refractivity (Wildman–Crippen MR) is 132 cm³/mol. The topological polar surface area (TPSA) is 83.9 Å². The normalized spacial score (nSPS) is 15.0. The molecule has 0 radical (unpaired) electrons. The zero-order valence-electron chi connectivity index (χ0n) is 20.1. The van der Waals surface area contributed by atoms with E-state index in [0.29, 0.717) is 19.8 Å². The number of aromatic nitrogens is 1. The van der Waals surface area contributed by atoms with Crippen LogP contribution < -0.4 is 20.5 Å². The summed E-state index contributed by atoms with van der Waals surface area (Å²) in [5.41, 5.74) is -0.0253. The number of rotatable bonds is 6. The maximum absolute atomic E-state index is 14.1. The molecule has 1 aromatic heterocycles. The molecule has 3 aromatic rings.